The van der Waals surface area contributed by atoms with E-state index in [0.717, 1.165) is 39.0 Å². The molecule has 0 unspecified atom stereocenters. The van der Waals surface area contributed by atoms with Crippen LogP contribution in [0.3, 0.4) is 0 Å². The van der Waals surface area contributed by atoms with Crippen LogP contribution in [0.4, 0.5) is 0 Å². The zero-order valence-corrected chi connectivity index (χ0v) is 14.7. The summed E-state index contributed by atoms with van der Waals surface area (Å²) in [7, 11) is 0. The number of likely N-dealkylation sites (tertiary alicyclic amines) is 2. The molecule has 0 bridgehead atoms. The second kappa shape index (κ2) is 6.64. The Morgan fingerprint density at radius 1 is 1.46 bits per heavy atom. The van der Waals surface area contributed by atoms with E-state index in [1.54, 1.807) is 30.9 Å². The van der Waals surface area contributed by atoms with E-state index in [1.807, 2.05) is 4.68 Å². The number of thiophene rings is 1. The van der Waals surface area contributed by atoms with Crippen LogP contribution in [-0.2, 0) is 17.9 Å². The highest BCUT2D eigenvalue weighted by atomic mass is 32.1. The number of aromatic nitrogens is 3. The minimum absolute atomic E-state index is 0.193. The van der Waals surface area contributed by atoms with Gasteiger partial charge in [0.05, 0.1) is 12.6 Å². The number of fused-ring (bicyclic) bond motifs is 1. The lowest BCUT2D eigenvalue weighted by Gasteiger charge is -2.38. The molecule has 1 amide bonds. The fourth-order valence-electron chi connectivity index (χ4n) is 4.41. The van der Waals surface area contributed by atoms with Crippen molar-refractivity contribution in [1.82, 2.24) is 24.6 Å². The fourth-order valence-corrected chi connectivity index (χ4v) is 5.07. The molecule has 2 saturated heterocycles. The van der Waals surface area contributed by atoms with Gasteiger partial charge in [-0.2, -0.15) is 16.4 Å². The second-order valence-corrected chi connectivity index (χ2v) is 7.70. The first-order valence-corrected chi connectivity index (χ1v) is 9.49. The van der Waals surface area contributed by atoms with Crippen LogP contribution in [0.25, 0.3) is 0 Å². The molecule has 0 radical (unpaired) electrons. The minimum atomic E-state index is 0.193. The van der Waals surface area contributed by atoms with E-state index in [1.165, 1.54) is 5.56 Å². The maximum Gasteiger partial charge on any atom is 0.220 e. The lowest BCUT2D eigenvalue weighted by molar-refractivity contribution is -0.133. The standard InChI is InChI=1S/C17H23N5OS/c1-13(23)22-16(9-21-12-18-11-19-21)6-15-8-20(4-2-17(15)22)7-14-3-5-24-10-14/h3,5,10-12,15-17H,2,4,6-9H2,1H3/t15-,16+,17+/m1/s1. The molecule has 4 heterocycles. The molecular formula is C17H23N5OS. The third-order valence-electron chi connectivity index (χ3n) is 5.32. The summed E-state index contributed by atoms with van der Waals surface area (Å²) in [6.07, 6.45) is 5.43. The van der Waals surface area contributed by atoms with Gasteiger partial charge < -0.3 is 4.90 Å². The number of amides is 1. The van der Waals surface area contributed by atoms with Gasteiger partial charge in [0.15, 0.2) is 0 Å². The van der Waals surface area contributed by atoms with Gasteiger partial charge in [-0.3, -0.25) is 14.4 Å². The van der Waals surface area contributed by atoms with Crippen LogP contribution >= 0.6 is 11.3 Å². The zero-order chi connectivity index (χ0) is 16.5. The normalized spacial score (nSPS) is 27.4. The average molecular weight is 345 g/mol. The summed E-state index contributed by atoms with van der Waals surface area (Å²) >= 11 is 1.76. The fraction of sp³-hybridized carbons (Fsp3) is 0.588. The van der Waals surface area contributed by atoms with Gasteiger partial charge in [-0.1, -0.05) is 0 Å². The Morgan fingerprint density at radius 2 is 2.38 bits per heavy atom. The van der Waals surface area contributed by atoms with Crippen LogP contribution < -0.4 is 0 Å². The number of carbonyl (C=O) groups is 1. The van der Waals surface area contributed by atoms with Crippen molar-refractivity contribution in [3.8, 4) is 0 Å². The number of hydrogen-bond acceptors (Lipinski definition) is 5. The largest absolute Gasteiger partial charge is 0.335 e. The highest BCUT2D eigenvalue weighted by molar-refractivity contribution is 7.07. The molecule has 128 valence electrons. The minimum Gasteiger partial charge on any atom is -0.335 e. The molecule has 0 N–H and O–H groups in total. The van der Waals surface area contributed by atoms with Crippen LogP contribution in [0, 0.1) is 5.92 Å². The quantitative estimate of drug-likeness (QED) is 0.849. The molecule has 2 aromatic rings. The lowest BCUT2D eigenvalue weighted by atomic mass is 9.92. The van der Waals surface area contributed by atoms with E-state index in [-0.39, 0.29) is 11.9 Å². The molecule has 7 heteroatoms. The highest BCUT2D eigenvalue weighted by Gasteiger charge is 2.45. The third kappa shape index (κ3) is 3.10. The topological polar surface area (TPSA) is 54.3 Å². The number of nitrogens with zero attached hydrogens (tertiary/aromatic N) is 5. The van der Waals surface area contributed by atoms with Crippen molar-refractivity contribution >= 4 is 17.2 Å². The number of carbonyl (C=O) groups excluding carboxylic acids is 1. The molecule has 2 aliphatic rings. The Morgan fingerprint density at radius 3 is 3.08 bits per heavy atom. The summed E-state index contributed by atoms with van der Waals surface area (Å²) in [4.78, 5) is 20.9. The maximum atomic E-state index is 12.2. The predicted octanol–water partition coefficient (Wildman–Crippen LogP) is 1.85. The van der Waals surface area contributed by atoms with Gasteiger partial charge in [0.2, 0.25) is 5.91 Å². The molecule has 24 heavy (non-hydrogen) atoms. The maximum absolute atomic E-state index is 12.2. The summed E-state index contributed by atoms with van der Waals surface area (Å²) < 4.78 is 1.85. The molecule has 2 aliphatic heterocycles. The predicted molar refractivity (Wildman–Crippen MR) is 92.4 cm³/mol. The molecule has 2 aromatic heterocycles. The molecule has 0 spiro atoms. The van der Waals surface area contributed by atoms with Crippen molar-refractivity contribution in [1.29, 1.82) is 0 Å². The van der Waals surface area contributed by atoms with Crippen LogP contribution in [0.2, 0.25) is 0 Å². The number of rotatable bonds is 4. The smallest absolute Gasteiger partial charge is 0.220 e. The van der Waals surface area contributed by atoms with E-state index in [0.29, 0.717) is 12.0 Å². The van der Waals surface area contributed by atoms with Gasteiger partial charge in [0.25, 0.3) is 0 Å². The first-order valence-electron chi connectivity index (χ1n) is 8.55. The first kappa shape index (κ1) is 15.8. The summed E-state index contributed by atoms with van der Waals surface area (Å²) in [5.41, 5.74) is 1.40. The average Bonchev–Trinajstić information content (AvgIpc) is 3.27. The second-order valence-electron chi connectivity index (χ2n) is 6.92. The molecule has 3 atom stereocenters. The van der Waals surface area contributed by atoms with Crippen LogP contribution in [0.1, 0.15) is 25.3 Å². The Bertz CT molecular complexity index is 671. The molecular weight excluding hydrogens is 322 g/mol. The van der Waals surface area contributed by atoms with Crippen molar-refractivity contribution < 1.29 is 4.79 Å². The summed E-state index contributed by atoms with van der Waals surface area (Å²) in [6.45, 7) is 5.63. The van der Waals surface area contributed by atoms with Crippen molar-refractivity contribution in [3.05, 3.63) is 35.0 Å². The van der Waals surface area contributed by atoms with E-state index >= 15 is 0 Å². The van der Waals surface area contributed by atoms with Gasteiger partial charge in [-0.25, -0.2) is 4.98 Å². The van der Waals surface area contributed by atoms with Gasteiger partial charge in [-0.05, 0) is 41.1 Å². The van der Waals surface area contributed by atoms with Crippen molar-refractivity contribution in [3.63, 3.8) is 0 Å². The van der Waals surface area contributed by atoms with Crippen molar-refractivity contribution in [2.45, 2.75) is 44.9 Å². The third-order valence-corrected chi connectivity index (χ3v) is 6.05. The molecule has 4 rings (SSSR count). The van der Waals surface area contributed by atoms with Crippen molar-refractivity contribution in [2.24, 2.45) is 5.92 Å². The molecule has 0 aliphatic carbocycles. The summed E-state index contributed by atoms with van der Waals surface area (Å²) in [6, 6.07) is 2.83. The number of hydrogen-bond donors (Lipinski definition) is 0. The zero-order valence-electron chi connectivity index (χ0n) is 13.9. The monoisotopic (exact) mass is 345 g/mol. The van der Waals surface area contributed by atoms with E-state index < -0.39 is 0 Å². The lowest BCUT2D eigenvalue weighted by Crippen LogP contribution is -2.48. The Labute approximate surface area is 146 Å². The van der Waals surface area contributed by atoms with Crippen LogP contribution in [-0.4, -0.2) is 55.6 Å². The van der Waals surface area contributed by atoms with Crippen molar-refractivity contribution in [2.75, 3.05) is 13.1 Å². The highest BCUT2D eigenvalue weighted by Crippen LogP contribution is 2.36. The van der Waals surface area contributed by atoms with Gasteiger partial charge >= 0.3 is 0 Å². The Balaban J connectivity index is 1.45. The SMILES string of the molecule is CC(=O)N1[C@H](Cn2cncn2)C[C@@H]2CN(Cc3ccsc3)CC[C@@H]21. The Hall–Kier alpha value is -1.73. The summed E-state index contributed by atoms with van der Waals surface area (Å²) in [5, 5.41) is 8.59. The molecule has 0 aromatic carbocycles. The summed E-state index contributed by atoms with van der Waals surface area (Å²) in [5.74, 6) is 0.758. The molecule has 6 nitrogen and oxygen atoms in total. The van der Waals surface area contributed by atoms with E-state index in [4.69, 9.17) is 0 Å². The first-order chi connectivity index (χ1) is 11.7. The van der Waals surface area contributed by atoms with E-state index in [9.17, 15) is 4.79 Å². The Kier molecular flexibility index (Phi) is 4.37. The van der Waals surface area contributed by atoms with Crippen LogP contribution in [0.5, 0.6) is 0 Å². The van der Waals surface area contributed by atoms with Gasteiger partial charge in [0.1, 0.15) is 12.7 Å². The van der Waals surface area contributed by atoms with E-state index in [2.05, 4.69) is 36.7 Å². The molecule has 2 fully saturated rings. The van der Waals surface area contributed by atoms with Crippen LogP contribution in [0.15, 0.2) is 29.5 Å². The number of piperidine rings is 1. The van der Waals surface area contributed by atoms with Gasteiger partial charge in [-0.15, -0.1) is 0 Å². The molecule has 0 saturated carbocycles. The van der Waals surface area contributed by atoms with Gasteiger partial charge in [0, 0.05) is 32.6 Å².